The number of likely N-dealkylation sites (tertiary alicyclic amines) is 1. The molecule has 1 aromatic rings. The Morgan fingerprint density at radius 3 is 2.81 bits per heavy atom. The van der Waals surface area contributed by atoms with E-state index in [1.165, 1.54) is 37.9 Å². The fourth-order valence-corrected chi connectivity index (χ4v) is 3.29. The molecule has 1 aromatic carbocycles. The maximum Gasteiger partial charge on any atom is 0.119 e. The van der Waals surface area contributed by atoms with E-state index in [-0.39, 0.29) is 6.04 Å². The highest BCUT2D eigenvalue weighted by Crippen LogP contribution is 2.25. The van der Waals surface area contributed by atoms with Crippen molar-refractivity contribution in [3.05, 3.63) is 29.8 Å². The van der Waals surface area contributed by atoms with Gasteiger partial charge < -0.3 is 15.4 Å². The van der Waals surface area contributed by atoms with Crippen LogP contribution in [0.3, 0.4) is 0 Å². The van der Waals surface area contributed by atoms with Crippen molar-refractivity contribution >= 4 is 0 Å². The van der Waals surface area contributed by atoms with E-state index >= 15 is 0 Å². The van der Waals surface area contributed by atoms with Crippen LogP contribution in [0.2, 0.25) is 0 Å². The SMILES string of the molecule is COc1cccc(C(N)CN2CCCC(C(C)C)CC2)c1. The van der Waals surface area contributed by atoms with Crippen LogP contribution in [0.1, 0.15) is 44.7 Å². The average Bonchev–Trinajstić information content (AvgIpc) is 2.73. The number of hydrogen-bond donors (Lipinski definition) is 1. The minimum absolute atomic E-state index is 0.0655. The van der Waals surface area contributed by atoms with Gasteiger partial charge in [-0.25, -0.2) is 0 Å². The van der Waals surface area contributed by atoms with Crippen LogP contribution >= 0.6 is 0 Å². The van der Waals surface area contributed by atoms with Gasteiger partial charge in [0.05, 0.1) is 7.11 Å². The molecule has 0 aromatic heterocycles. The highest BCUT2D eigenvalue weighted by Gasteiger charge is 2.21. The Bertz CT molecular complexity index is 433. The van der Waals surface area contributed by atoms with Gasteiger partial charge in [-0.05, 0) is 61.9 Å². The molecule has 1 aliphatic rings. The molecule has 2 atom stereocenters. The zero-order valence-electron chi connectivity index (χ0n) is 13.7. The van der Waals surface area contributed by atoms with Gasteiger partial charge in [0.1, 0.15) is 5.75 Å². The number of ether oxygens (including phenoxy) is 1. The maximum atomic E-state index is 6.40. The number of methoxy groups -OCH3 is 1. The van der Waals surface area contributed by atoms with Crippen LogP contribution in [0.5, 0.6) is 5.75 Å². The number of benzene rings is 1. The van der Waals surface area contributed by atoms with Gasteiger partial charge in [0.25, 0.3) is 0 Å². The zero-order chi connectivity index (χ0) is 15.2. The molecule has 0 saturated carbocycles. The summed E-state index contributed by atoms with van der Waals surface area (Å²) in [6.07, 6.45) is 3.97. The van der Waals surface area contributed by atoms with Gasteiger partial charge in [0, 0.05) is 12.6 Å². The van der Waals surface area contributed by atoms with Crippen LogP contribution in [-0.2, 0) is 0 Å². The van der Waals surface area contributed by atoms with E-state index in [2.05, 4.69) is 30.9 Å². The van der Waals surface area contributed by atoms with E-state index in [0.717, 1.165) is 24.1 Å². The zero-order valence-corrected chi connectivity index (χ0v) is 13.7. The third-order valence-electron chi connectivity index (χ3n) is 4.79. The fourth-order valence-electron chi connectivity index (χ4n) is 3.29. The Morgan fingerprint density at radius 1 is 1.29 bits per heavy atom. The fraction of sp³-hybridized carbons (Fsp3) is 0.667. The second kappa shape index (κ2) is 7.81. The Hall–Kier alpha value is -1.06. The van der Waals surface area contributed by atoms with Crippen molar-refractivity contribution in [3.8, 4) is 5.75 Å². The van der Waals surface area contributed by atoms with Crippen molar-refractivity contribution in [3.63, 3.8) is 0 Å². The molecule has 1 saturated heterocycles. The molecule has 0 aliphatic carbocycles. The summed E-state index contributed by atoms with van der Waals surface area (Å²) >= 11 is 0. The highest BCUT2D eigenvalue weighted by atomic mass is 16.5. The largest absolute Gasteiger partial charge is 0.497 e. The quantitative estimate of drug-likeness (QED) is 0.902. The van der Waals surface area contributed by atoms with Gasteiger partial charge in [-0.1, -0.05) is 26.0 Å². The van der Waals surface area contributed by atoms with Crippen molar-refractivity contribution in [1.29, 1.82) is 0 Å². The lowest BCUT2D eigenvalue weighted by Gasteiger charge is -2.25. The van der Waals surface area contributed by atoms with Crippen molar-refractivity contribution < 1.29 is 4.74 Å². The molecule has 1 aliphatic heterocycles. The number of nitrogens with zero attached hydrogens (tertiary/aromatic N) is 1. The minimum atomic E-state index is 0.0655. The molecule has 2 N–H and O–H groups in total. The van der Waals surface area contributed by atoms with E-state index in [0.29, 0.717) is 0 Å². The predicted octanol–water partition coefficient (Wildman–Crippen LogP) is 3.45. The second-order valence-electron chi connectivity index (χ2n) is 6.62. The summed E-state index contributed by atoms with van der Waals surface area (Å²) in [7, 11) is 1.70. The summed E-state index contributed by atoms with van der Waals surface area (Å²) in [5.41, 5.74) is 7.56. The Labute approximate surface area is 129 Å². The molecule has 3 nitrogen and oxygen atoms in total. The summed E-state index contributed by atoms with van der Waals surface area (Å²) in [4.78, 5) is 2.53. The molecule has 1 fully saturated rings. The van der Waals surface area contributed by atoms with Crippen LogP contribution in [0.25, 0.3) is 0 Å². The van der Waals surface area contributed by atoms with Crippen molar-refractivity contribution in [2.45, 2.75) is 39.2 Å². The smallest absolute Gasteiger partial charge is 0.119 e. The molecule has 2 unspecified atom stereocenters. The first-order valence-corrected chi connectivity index (χ1v) is 8.22. The molecule has 2 rings (SSSR count). The van der Waals surface area contributed by atoms with Crippen LogP contribution in [0, 0.1) is 11.8 Å². The Kier molecular flexibility index (Phi) is 6.07. The summed E-state index contributed by atoms with van der Waals surface area (Å²) in [6.45, 7) is 8.00. The van der Waals surface area contributed by atoms with Crippen LogP contribution < -0.4 is 10.5 Å². The van der Waals surface area contributed by atoms with Crippen LogP contribution in [0.15, 0.2) is 24.3 Å². The summed E-state index contributed by atoms with van der Waals surface area (Å²) in [5.74, 6) is 2.57. The topological polar surface area (TPSA) is 38.5 Å². The lowest BCUT2D eigenvalue weighted by Crippen LogP contribution is -2.33. The molecule has 0 radical (unpaired) electrons. The predicted molar refractivity (Wildman–Crippen MR) is 88.5 cm³/mol. The lowest BCUT2D eigenvalue weighted by atomic mass is 9.89. The Balaban J connectivity index is 1.91. The van der Waals surface area contributed by atoms with Gasteiger partial charge >= 0.3 is 0 Å². The van der Waals surface area contributed by atoms with Crippen molar-refractivity contribution in [2.24, 2.45) is 17.6 Å². The number of nitrogens with two attached hydrogens (primary N) is 1. The molecular formula is C18H30N2O. The van der Waals surface area contributed by atoms with Gasteiger partial charge in [0.15, 0.2) is 0 Å². The summed E-state index contributed by atoms with van der Waals surface area (Å²) in [5, 5.41) is 0. The third kappa shape index (κ3) is 4.72. The number of rotatable bonds is 5. The van der Waals surface area contributed by atoms with E-state index in [9.17, 15) is 0 Å². The van der Waals surface area contributed by atoms with Crippen molar-refractivity contribution in [2.75, 3.05) is 26.7 Å². The first-order valence-electron chi connectivity index (χ1n) is 8.22. The molecule has 118 valence electrons. The van der Waals surface area contributed by atoms with Crippen LogP contribution in [-0.4, -0.2) is 31.6 Å². The van der Waals surface area contributed by atoms with Gasteiger partial charge in [-0.2, -0.15) is 0 Å². The monoisotopic (exact) mass is 290 g/mol. The molecule has 3 heteroatoms. The van der Waals surface area contributed by atoms with E-state index < -0.39 is 0 Å². The van der Waals surface area contributed by atoms with Gasteiger partial charge in [0.2, 0.25) is 0 Å². The summed E-state index contributed by atoms with van der Waals surface area (Å²) < 4.78 is 5.29. The van der Waals surface area contributed by atoms with E-state index in [4.69, 9.17) is 10.5 Å². The van der Waals surface area contributed by atoms with Crippen molar-refractivity contribution in [1.82, 2.24) is 4.90 Å². The van der Waals surface area contributed by atoms with Crippen LogP contribution in [0.4, 0.5) is 0 Å². The second-order valence-corrected chi connectivity index (χ2v) is 6.62. The summed E-state index contributed by atoms with van der Waals surface area (Å²) in [6, 6.07) is 8.21. The standard InChI is InChI=1S/C18H30N2O/c1-14(2)15-7-5-10-20(11-9-15)13-18(19)16-6-4-8-17(12-16)21-3/h4,6,8,12,14-15,18H,5,7,9-11,13,19H2,1-3H3. The average molecular weight is 290 g/mol. The van der Waals surface area contributed by atoms with Gasteiger partial charge in [-0.3, -0.25) is 0 Å². The first-order chi connectivity index (χ1) is 10.1. The molecule has 0 bridgehead atoms. The van der Waals surface area contributed by atoms with E-state index in [1.54, 1.807) is 7.11 Å². The molecule has 0 spiro atoms. The minimum Gasteiger partial charge on any atom is -0.497 e. The van der Waals surface area contributed by atoms with Gasteiger partial charge in [-0.15, -0.1) is 0 Å². The molecule has 0 amide bonds. The molecular weight excluding hydrogens is 260 g/mol. The first kappa shape index (κ1) is 16.3. The molecule has 21 heavy (non-hydrogen) atoms. The lowest BCUT2D eigenvalue weighted by molar-refractivity contribution is 0.257. The third-order valence-corrected chi connectivity index (χ3v) is 4.79. The number of hydrogen-bond acceptors (Lipinski definition) is 3. The Morgan fingerprint density at radius 2 is 2.10 bits per heavy atom. The highest BCUT2D eigenvalue weighted by molar-refractivity contribution is 5.30. The maximum absolute atomic E-state index is 6.40. The van der Waals surface area contributed by atoms with E-state index in [1.807, 2.05) is 12.1 Å². The normalized spacial score (nSPS) is 22.0. The molecule has 1 heterocycles.